The van der Waals surface area contributed by atoms with Crippen molar-refractivity contribution in [3.63, 3.8) is 0 Å². The Morgan fingerprint density at radius 3 is 2.08 bits per heavy atom. The summed E-state index contributed by atoms with van der Waals surface area (Å²) in [5.41, 5.74) is 14.0. The maximum Gasteiger partial charge on any atom is 0.0517 e. The van der Waals surface area contributed by atoms with E-state index in [-0.39, 0.29) is 12.1 Å². The summed E-state index contributed by atoms with van der Waals surface area (Å²) >= 11 is 0. The number of hydrogen-bond acceptors (Lipinski definition) is 2. The Balaban J connectivity index is 0.00000176. The molecule has 0 amide bonds. The molecule has 2 atom stereocenters. The first-order chi connectivity index (χ1) is 25.4. The first-order valence-corrected chi connectivity index (χ1v) is 18.7. The van der Waals surface area contributed by atoms with Gasteiger partial charge in [0.25, 0.3) is 0 Å². The topological polar surface area (TPSA) is 24.1 Å². The third-order valence-electron chi connectivity index (χ3n) is 8.73. The Labute approximate surface area is 315 Å². The average molecular weight is 687 g/mol. The number of hydrogen-bond donors (Lipinski definition) is 2. The number of nitrogens with one attached hydrogen (secondary N) is 2. The van der Waals surface area contributed by atoms with Crippen LogP contribution >= 0.6 is 0 Å². The van der Waals surface area contributed by atoms with Gasteiger partial charge in [-0.1, -0.05) is 181 Å². The molecule has 0 spiro atoms. The fraction of sp³-hybridized carbons (Fsp3) is 0.200. The van der Waals surface area contributed by atoms with Crippen molar-refractivity contribution in [1.82, 2.24) is 5.32 Å². The van der Waals surface area contributed by atoms with Gasteiger partial charge in [0, 0.05) is 23.8 Å². The van der Waals surface area contributed by atoms with Crippen molar-refractivity contribution >= 4 is 28.5 Å². The van der Waals surface area contributed by atoms with Crippen LogP contribution in [0.4, 0.5) is 5.69 Å². The van der Waals surface area contributed by atoms with Gasteiger partial charge in [-0.15, -0.1) is 0 Å². The Hall–Kier alpha value is -5.44. The van der Waals surface area contributed by atoms with E-state index in [0.717, 1.165) is 28.8 Å². The summed E-state index contributed by atoms with van der Waals surface area (Å²) < 4.78 is 0. The fourth-order valence-corrected chi connectivity index (χ4v) is 6.23. The lowest BCUT2D eigenvalue weighted by Crippen LogP contribution is -2.24. The van der Waals surface area contributed by atoms with Crippen LogP contribution < -0.4 is 10.6 Å². The molecule has 0 fully saturated rings. The molecular weight excluding hydrogens is 629 g/mol. The molecular formula is C50H58N2. The molecule has 0 bridgehead atoms. The summed E-state index contributed by atoms with van der Waals surface area (Å²) in [6.45, 7) is 27.2. The SMILES string of the molecule is C=C/C=C(\C=C)c1ccc(/C(C)=C/C(NC(C)c2ccccc2)c2cc(C(/C=C\C)=C/C=C)cc(-c3cccc4c3NCC=C4)c2)cc1.CC.CC. The Morgan fingerprint density at radius 2 is 1.42 bits per heavy atom. The minimum Gasteiger partial charge on any atom is -0.381 e. The molecule has 2 unspecified atom stereocenters. The van der Waals surface area contributed by atoms with Crippen LogP contribution in [-0.4, -0.2) is 6.54 Å². The van der Waals surface area contributed by atoms with E-state index in [0.29, 0.717) is 0 Å². The van der Waals surface area contributed by atoms with Gasteiger partial charge in [0.2, 0.25) is 0 Å². The average Bonchev–Trinajstić information content (AvgIpc) is 3.21. The Morgan fingerprint density at radius 1 is 0.750 bits per heavy atom. The van der Waals surface area contributed by atoms with Crippen molar-refractivity contribution in [3.05, 3.63) is 199 Å². The molecule has 1 aliphatic rings. The molecule has 2 nitrogen and oxygen atoms in total. The lowest BCUT2D eigenvalue weighted by Gasteiger charge is -2.25. The predicted octanol–water partition coefficient (Wildman–Crippen LogP) is 14.2. The van der Waals surface area contributed by atoms with Gasteiger partial charge >= 0.3 is 0 Å². The number of fused-ring (bicyclic) bond motifs is 1. The van der Waals surface area contributed by atoms with Gasteiger partial charge in [-0.3, -0.25) is 0 Å². The van der Waals surface area contributed by atoms with E-state index in [1.54, 1.807) is 6.08 Å². The second kappa shape index (κ2) is 21.7. The highest BCUT2D eigenvalue weighted by atomic mass is 14.9. The van der Waals surface area contributed by atoms with Crippen molar-refractivity contribution in [2.75, 3.05) is 11.9 Å². The Kier molecular flexibility index (Phi) is 17.1. The van der Waals surface area contributed by atoms with Crippen molar-refractivity contribution < 1.29 is 0 Å². The molecule has 0 saturated heterocycles. The smallest absolute Gasteiger partial charge is 0.0517 e. The number of benzene rings is 4. The minimum absolute atomic E-state index is 0.0778. The zero-order valence-electron chi connectivity index (χ0n) is 32.4. The molecule has 52 heavy (non-hydrogen) atoms. The van der Waals surface area contributed by atoms with E-state index < -0.39 is 0 Å². The quantitative estimate of drug-likeness (QED) is 0.137. The van der Waals surface area contributed by atoms with E-state index in [4.69, 9.17) is 0 Å². The summed E-state index contributed by atoms with van der Waals surface area (Å²) in [6.07, 6.45) is 20.6. The molecule has 0 aromatic heterocycles. The monoisotopic (exact) mass is 686 g/mol. The second-order valence-corrected chi connectivity index (χ2v) is 12.0. The number of para-hydroxylation sites is 1. The third-order valence-corrected chi connectivity index (χ3v) is 8.73. The highest BCUT2D eigenvalue weighted by molar-refractivity contribution is 5.88. The predicted molar refractivity (Wildman–Crippen MR) is 234 cm³/mol. The van der Waals surface area contributed by atoms with Crippen LogP contribution in [0, 0.1) is 0 Å². The third kappa shape index (κ3) is 10.8. The van der Waals surface area contributed by atoms with Crippen LogP contribution in [0.2, 0.25) is 0 Å². The van der Waals surface area contributed by atoms with Gasteiger partial charge < -0.3 is 10.6 Å². The van der Waals surface area contributed by atoms with Crippen LogP contribution in [0.1, 0.15) is 93.9 Å². The van der Waals surface area contributed by atoms with Crippen LogP contribution in [0.25, 0.3) is 33.9 Å². The maximum absolute atomic E-state index is 4.02. The highest BCUT2D eigenvalue weighted by Gasteiger charge is 2.19. The van der Waals surface area contributed by atoms with E-state index in [1.807, 2.05) is 45.9 Å². The lowest BCUT2D eigenvalue weighted by molar-refractivity contribution is 0.527. The molecule has 4 aromatic carbocycles. The summed E-state index contributed by atoms with van der Waals surface area (Å²) in [5.74, 6) is 0. The molecule has 2 N–H and O–H groups in total. The summed E-state index contributed by atoms with van der Waals surface area (Å²) in [5, 5.41) is 7.62. The molecule has 1 heterocycles. The Bertz CT molecular complexity index is 1910. The van der Waals surface area contributed by atoms with Gasteiger partial charge in [0.05, 0.1) is 6.04 Å². The largest absolute Gasteiger partial charge is 0.381 e. The fourth-order valence-electron chi connectivity index (χ4n) is 6.23. The van der Waals surface area contributed by atoms with Crippen molar-refractivity contribution in [2.45, 2.75) is 60.5 Å². The van der Waals surface area contributed by atoms with E-state index in [1.165, 1.54) is 44.6 Å². The zero-order valence-corrected chi connectivity index (χ0v) is 32.4. The van der Waals surface area contributed by atoms with Crippen molar-refractivity contribution in [2.24, 2.45) is 0 Å². The number of allylic oxidation sites excluding steroid dienone is 10. The zero-order chi connectivity index (χ0) is 37.9. The standard InChI is InChI=1S/C46H46N2.2C2H6/c1-7-16-35(10-4)39-26-24-36(25-27-39)33(5)29-45(48-34(6)37-19-12-11-13-20-37)43-31-41(38(17-8-2)18-9-3)30-42(32-43)44-23-14-21-40-22-15-28-47-46(40)44;2*1-2/h7-27,29-32,34,45,47-48H,1-2,4,28H2,3,5-6H3;2*1-2H3/b18-9-,33-29+,35-16+,38-17+;;. The molecule has 2 heteroatoms. The van der Waals surface area contributed by atoms with E-state index >= 15 is 0 Å². The van der Waals surface area contributed by atoms with Gasteiger partial charge in [-0.2, -0.15) is 0 Å². The molecule has 4 aromatic rings. The first kappa shape index (κ1) is 41.0. The van der Waals surface area contributed by atoms with Crippen molar-refractivity contribution in [1.29, 1.82) is 0 Å². The summed E-state index contributed by atoms with van der Waals surface area (Å²) in [6, 6.07) is 32.9. The molecule has 0 saturated carbocycles. The van der Waals surface area contributed by atoms with Crippen LogP contribution in [0.5, 0.6) is 0 Å². The number of anilines is 1. The normalized spacial score (nSPS) is 13.7. The summed E-state index contributed by atoms with van der Waals surface area (Å²) in [7, 11) is 0. The van der Waals surface area contributed by atoms with Gasteiger partial charge in [-0.25, -0.2) is 0 Å². The van der Waals surface area contributed by atoms with Crippen LogP contribution in [0.3, 0.4) is 0 Å². The van der Waals surface area contributed by atoms with E-state index in [9.17, 15) is 0 Å². The van der Waals surface area contributed by atoms with Gasteiger partial charge in [0.15, 0.2) is 0 Å². The van der Waals surface area contributed by atoms with Crippen molar-refractivity contribution in [3.8, 4) is 11.1 Å². The lowest BCUT2D eigenvalue weighted by atomic mass is 9.89. The maximum atomic E-state index is 4.02. The van der Waals surface area contributed by atoms with Crippen LogP contribution in [-0.2, 0) is 0 Å². The summed E-state index contributed by atoms with van der Waals surface area (Å²) in [4.78, 5) is 0. The van der Waals surface area contributed by atoms with Crippen LogP contribution in [0.15, 0.2) is 165 Å². The first-order valence-electron chi connectivity index (χ1n) is 18.7. The molecule has 5 rings (SSSR count). The molecule has 0 aliphatic carbocycles. The molecule has 1 aliphatic heterocycles. The second-order valence-electron chi connectivity index (χ2n) is 12.0. The van der Waals surface area contributed by atoms with Gasteiger partial charge in [0.1, 0.15) is 0 Å². The molecule has 0 radical (unpaired) electrons. The van der Waals surface area contributed by atoms with E-state index in [2.05, 4.69) is 179 Å². The molecule has 268 valence electrons. The minimum atomic E-state index is -0.0778. The highest BCUT2D eigenvalue weighted by Crippen LogP contribution is 2.38. The number of rotatable bonds is 13. The van der Waals surface area contributed by atoms with Gasteiger partial charge in [-0.05, 0) is 94.6 Å².